The van der Waals surface area contributed by atoms with Gasteiger partial charge in [-0.05, 0) is 37.5 Å². The summed E-state index contributed by atoms with van der Waals surface area (Å²) in [6, 6.07) is 3.08. The van der Waals surface area contributed by atoms with E-state index in [2.05, 4.69) is 0 Å². The zero-order valence-corrected chi connectivity index (χ0v) is 12.0. The fourth-order valence-electron chi connectivity index (χ4n) is 2.15. The molecule has 5 nitrogen and oxygen atoms in total. The maximum Gasteiger partial charge on any atom is 0.255 e. The number of primary sulfonamides is 1. The number of benzene rings is 1. The van der Waals surface area contributed by atoms with Crippen molar-refractivity contribution in [1.29, 1.82) is 0 Å². The number of carbonyl (C=O) groups excluding carboxylic acids is 1. The van der Waals surface area contributed by atoms with E-state index in [9.17, 15) is 17.6 Å². The van der Waals surface area contributed by atoms with Gasteiger partial charge in [-0.2, -0.15) is 0 Å². The van der Waals surface area contributed by atoms with Gasteiger partial charge in [-0.25, -0.2) is 17.9 Å². The van der Waals surface area contributed by atoms with Crippen molar-refractivity contribution in [1.82, 2.24) is 4.90 Å². The minimum Gasteiger partial charge on any atom is -0.336 e. The number of nitrogens with two attached hydrogens (primary N) is 1. The molecular formula is C13H17FN2O3S. The highest BCUT2D eigenvalue weighted by Gasteiger charge is 2.34. The number of sulfonamides is 1. The highest BCUT2D eigenvalue weighted by molar-refractivity contribution is 7.89. The van der Waals surface area contributed by atoms with Crippen LogP contribution in [-0.4, -0.2) is 31.8 Å². The van der Waals surface area contributed by atoms with Gasteiger partial charge in [-0.3, -0.25) is 4.79 Å². The minimum absolute atomic E-state index is 0.124. The zero-order chi connectivity index (χ0) is 14.9. The van der Waals surface area contributed by atoms with Crippen LogP contribution in [0.2, 0.25) is 0 Å². The van der Waals surface area contributed by atoms with E-state index < -0.39 is 21.7 Å². The molecule has 0 spiro atoms. The molecule has 1 fully saturated rings. The number of nitrogens with zero attached hydrogens (tertiary/aromatic N) is 1. The molecular weight excluding hydrogens is 283 g/mol. The molecule has 7 heteroatoms. The van der Waals surface area contributed by atoms with Crippen molar-refractivity contribution in [2.24, 2.45) is 5.14 Å². The lowest BCUT2D eigenvalue weighted by Gasteiger charge is -2.22. The van der Waals surface area contributed by atoms with E-state index in [1.807, 2.05) is 6.92 Å². The van der Waals surface area contributed by atoms with E-state index in [0.29, 0.717) is 6.54 Å². The summed E-state index contributed by atoms with van der Waals surface area (Å²) in [4.78, 5) is 13.7. The van der Waals surface area contributed by atoms with Crippen LogP contribution in [0.1, 0.15) is 36.5 Å². The Bertz CT molecular complexity index is 627. The normalized spacial score (nSPS) is 15.2. The van der Waals surface area contributed by atoms with Gasteiger partial charge in [0.05, 0.1) is 10.5 Å². The minimum atomic E-state index is -4.06. The molecule has 1 amide bonds. The van der Waals surface area contributed by atoms with Gasteiger partial charge >= 0.3 is 0 Å². The van der Waals surface area contributed by atoms with E-state index >= 15 is 0 Å². The highest BCUT2D eigenvalue weighted by Crippen LogP contribution is 2.29. The number of rotatable bonds is 5. The van der Waals surface area contributed by atoms with Crippen LogP contribution in [0.15, 0.2) is 23.1 Å². The summed E-state index contributed by atoms with van der Waals surface area (Å²) >= 11 is 0. The van der Waals surface area contributed by atoms with Gasteiger partial charge in [0, 0.05) is 12.6 Å². The molecule has 20 heavy (non-hydrogen) atoms. The van der Waals surface area contributed by atoms with Crippen LogP contribution < -0.4 is 5.14 Å². The average molecular weight is 300 g/mol. The first-order valence-corrected chi connectivity index (χ1v) is 8.02. The Labute approximate surface area is 117 Å². The summed E-state index contributed by atoms with van der Waals surface area (Å²) in [5.74, 6) is -1.13. The summed E-state index contributed by atoms with van der Waals surface area (Å²) in [5.41, 5.74) is -0.187. The Hall–Kier alpha value is -1.47. The fourth-order valence-corrected chi connectivity index (χ4v) is 2.86. The summed E-state index contributed by atoms with van der Waals surface area (Å²) < 4.78 is 36.4. The molecule has 0 heterocycles. The number of amides is 1. The summed E-state index contributed by atoms with van der Waals surface area (Å²) in [5, 5.41) is 5.09. The van der Waals surface area contributed by atoms with E-state index in [1.54, 1.807) is 4.90 Å². The Morgan fingerprint density at radius 3 is 2.60 bits per heavy atom. The summed E-state index contributed by atoms with van der Waals surface area (Å²) in [6.07, 6.45) is 2.54. The quantitative estimate of drug-likeness (QED) is 0.894. The standard InChI is InChI=1S/C13H17FN2O3S/c1-2-7-16(10-4-5-10)13(17)11-8-9(14)3-6-12(11)20(15,18)19/h3,6,8,10H,2,4-5,7H2,1H3,(H2,15,18,19). The van der Waals surface area contributed by atoms with Gasteiger partial charge in [0.1, 0.15) is 5.82 Å². The van der Waals surface area contributed by atoms with Crippen molar-refractivity contribution >= 4 is 15.9 Å². The van der Waals surface area contributed by atoms with Crippen molar-refractivity contribution in [3.63, 3.8) is 0 Å². The number of hydrogen-bond acceptors (Lipinski definition) is 3. The first kappa shape index (κ1) is 14.9. The van der Waals surface area contributed by atoms with Crippen molar-refractivity contribution in [3.05, 3.63) is 29.6 Å². The molecule has 0 atom stereocenters. The molecule has 0 aromatic heterocycles. The second-order valence-corrected chi connectivity index (χ2v) is 6.45. The molecule has 0 bridgehead atoms. The fraction of sp³-hybridized carbons (Fsp3) is 0.462. The zero-order valence-electron chi connectivity index (χ0n) is 11.2. The largest absolute Gasteiger partial charge is 0.336 e. The third-order valence-corrected chi connectivity index (χ3v) is 4.16. The molecule has 1 aromatic rings. The molecule has 0 saturated heterocycles. The summed E-state index contributed by atoms with van der Waals surface area (Å²) in [7, 11) is -4.06. The monoisotopic (exact) mass is 300 g/mol. The maximum absolute atomic E-state index is 13.4. The lowest BCUT2D eigenvalue weighted by Crippen LogP contribution is -2.35. The second-order valence-electron chi connectivity index (χ2n) is 4.92. The van der Waals surface area contributed by atoms with E-state index in [0.717, 1.165) is 37.5 Å². The Morgan fingerprint density at radius 2 is 2.10 bits per heavy atom. The number of halogens is 1. The Balaban J connectivity index is 2.44. The first-order chi connectivity index (χ1) is 9.34. The predicted octanol–water partition coefficient (Wildman–Crippen LogP) is 1.49. The van der Waals surface area contributed by atoms with Crippen molar-refractivity contribution in [3.8, 4) is 0 Å². The smallest absolute Gasteiger partial charge is 0.255 e. The van der Waals surface area contributed by atoms with Gasteiger partial charge in [0.25, 0.3) is 5.91 Å². The van der Waals surface area contributed by atoms with Gasteiger partial charge in [0.15, 0.2) is 0 Å². The second kappa shape index (κ2) is 5.49. The molecule has 0 radical (unpaired) electrons. The first-order valence-electron chi connectivity index (χ1n) is 6.48. The van der Waals surface area contributed by atoms with Crippen LogP contribution in [-0.2, 0) is 10.0 Å². The third kappa shape index (κ3) is 3.16. The van der Waals surface area contributed by atoms with Crippen LogP contribution >= 0.6 is 0 Å². The lowest BCUT2D eigenvalue weighted by atomic mass is 10.2. The van der Waals surface area contributed by atoms with Gasteiger partial charge in [0.2, 0.25) is 10.0 Å². The van der Waals surface area contributed by atoms with Crippen LogP contribution in [0.4, 0.5) is 4.39 Å². The SMILES string of the molecule is CCCN(C(=O)c1cc(F)ccc1S(N)(=O)=O)C1CC1. The van der Waals surface area contributed by atoms with Crippen molar-refractivity contribution < 1.29 is 17.6 Å². The van der Waals surface area contributed by atoms with E-state index in [-0.39, 0.29) is 16.5 Å². The molecule has 1 aliphatic rings. The molecule has 2 N–H and O–H groups in total. The van der Waals surface area contributed by atoms with Gasteiger partial charge in [-0.1, -0.05) is 6.92 Å². The van der Waals surface area contributed by atoms with Gasteiger partial charge < -0.3 is 4.90 Å². The van der Waals surface area contributed by atoms with Crippen LogP contribution in [0.3, 0.4) is 0 Å². The molecule has 110 valence electrons. The molecule has 0 aliphatic heterocycles. The predicted molar refractivity (Wildman–Crippen MR) is 72.1 cm³/mol. The summed E-state index contributed by atoms with van der Waals surface area (Å²) in [6.45, 7) is 2.44. The molecule has 0 unspecified atom stereocenters. The van der Waals surface area contributed by atoms with E-state index in [1.165, 1.54) is 0 Å². The third-order valence-electron chi connectivity index (χ3n) is 3.19. The average Bonchev–Trinajstić information content (AvgIpc) is 3.17. The lowest BCUT2D eigenvalue weighted by molar-refractivity contribution is 0.0738. The van der Waals surface area contributed by atoms with Crippen LogP contribution in [0.25, 0.3) is 0 Å². The molecule has 1 saturated carbocycles. The number of hydrogen-bond donors (Lipinski definition) is 1. The number of carbonyl (C=O) groups is 1. The van der Waals surface area contributed by atoms with Crippen LogP contribution in [0, 0.1) is 5.82 Å². The van der Waals surface area contributed by atoms with Crippen molar-refractivity contribution in [2.45, 2.75) is 37.1 Å². The highest BCUT2D eigenvalue weighted by atomic mass is 32.2. The van der Waals surface area contributed by atoms with Crippen LogP contribution in [0.5, 0.6) is 0 Å². The topological polar surface area (TPSA) is 80.5 Å². The van der Waals surface area contributed by atoms with Crippen molar-refractivity contribution in [2.75, 3.05) is 6.54 Å². The molecule has 2 rings (SSSR count). The van der Waals surface area contributed by atoms with Gasteiger partial charge in [-0.15, -0.1) is 0 Å². The Kier molecular flexibility index (Phi) is 4.10. The molecule has 1 aliphatic carbocycles. The van der Waals surface area contributed by atoms with E-state index in [4.69, 9.17) is 5.14 Å². The Morgan fingerprint density at radius 1 is 1.45 bits per heavy atom. The maximum atomic E-state index is 13.4. The molecule has 1 aromatic carbocycles.